The summed E-state index contributed by atoms with van der Waals surface area (Å²) in [6.07, 6.45) is 0. The van der Waals surface area contributed by atoms with E-state index in [1.165, 1.54) is 25.3 Å². The summed E-state index contributed by atoms with van der Waals surface area (Å²) in [6, 6.07) is 11.5. The molecule has 2 heterocycles. The summed E-state index contributed by atoms with van der Waals surface area (Å²) in [6.45, 7) is 1.62. The molecule has 4 rings (SSSR count). The Hall–Kier alpha value is -4.58. The van der Waals surface area contributed by atoms with Crippen LogP contribution in [-0.4, -0.2) is 47.2 Å². The van der Waals surface area contributed by atoms with Gasteiger partial charge in [-0.25, -0.2) is 4.79 Å². The van der Waals surface area contributed by atoms with E-state index >= 15 is 0 Å². The number of amides is 3. The highest BCUT2D eigenvalue weighted by Gasteiger charge is 2.35. The Morgan fingerprint density at radius 2 is 1.75 bits per heavy atom. The maximum Gasteiger partial charge on any atom is 0.341 e. The van der Waals surface area contributed by atoms with Crippen LogP contribution in [0.15, 0.2) is 48.5 Å². The van der Waals surface area contributed by atoms with E-state index in [9.17, 15) is 29.3 Å². The summed E-state index contributed by atoms with van der Waals surface area (Å²) in [5.41, 5.74) is 0.398. The molecule has 0 aliphatic carbocycles. The molecule has 0 radical (unpaired) electrons. The second-order valence-corrected chi connectivity index (χ2v) is 8.65. The molecule has 0 bridgehead atoms. The monoisotopic (exact) mass is 509 g/mol. The second-order valence-electron chi connectivity index (χ2n) is 7.52. The number of hydrogen-bond donors (Lipinski definition) is 1. The van der Waals surface area contributed by atoms with Crippen molar-refractivity contribution in [1.82, 2.24) is 4.90 Å². The molecule has 2 aromatic carbocycles. The number of hydrogen-bond acceptors (Lipinski definition) is 9. The van der Waals surface area contributed by atoms with E-state index in [-0.39, 0.29) is 40.7 Å². The Bertz CT molecular complexity index is 1380. The van der Waals surface area contributed by atoms with Gasteiger partial charge in [-0.2, -0.15) is 0 Å². The maximum atomic E-state index is 12.9. The number of anilines is 1. The van der Waals surface area contributed by atoms with Gasteiger partial charge < -0.3 is 14.8 Å². The molecule has 1 N–H and O–H groups in total. The first-order valence-corrected chi connectivity index (χ1v) is 11.5. The van der Waals surface area contributed by atoms with Crippen LogP contribution in [-0.2, 0) is 11.3 Å². The van der Waals surface area contributed by atoms with Crippen molar-refractivity contribution >= 4 is 45.7 Å². The fourth-order valence-electron chi connectivity index (χ4n) is 3.66. The third-order valence-electron chi connectivity index (χ3n) is 5.34. The highest BCUT2D eigenvalue weighted by atomic mass is 32.1. The molecule has 36 heavy (non-hydrogen) atoms. The van der Waals surface area contributed by atoms with E-state index in [4.69, 9.17) is 9.47 Å². The standard InChI is InChI=1S/C24H19N3O8S/c1-3-35-24(31)17-11-14(12-26-22(29)15-6-4-5-7-16(15)23(26)30)36-21(17)25-20(28)13-8-9-18(27(32)33)19(10-13)34-2/h4-11H,3,12H2,1-2H3,(H,25,28). The van der Waals surface area contributed by atoms with Gasteiger partial charge in [-0.15, -0.1) is 11.3 Å². The van der Waals surface area contributed by atoms with Crippen LogP contribution in [0.25, 0.3) is 0 Å². The lowest BCUT2D eigenvalue weighted by Gasteiger charge is -2.12. The number of carbonyl (C=O) groups is 4. The number of nitrogens with one attached hydrogen (secondary N) is 1. The minimum absolute atomic E-state index is 0.0516. The molecule has 1 aliphatic rings. The molecule has 3 aromatic rings. The van der Waals surface area contributed by atoms with Gasteiger partial charge in [0.1, 0.15) is 5.00 Å². The number of nitrogens with zero attached hydrogens (tertiary/aromatic N) is 2. The SMILES string of the molecule is CCOC(=O)c1cc(CN2C(=O)c3ccccc3C2=O)sc1NC(=O)c1ccc([N+](=O)[O-])c(OC)c1. The second kappa shape index (κ2) is 9.96. The van der Waals surface area contributed by atoms with E-state index in [0.717, 1.165) is 22.3 Å². The van der Waals surface area contributed by atoms with Gasteiger partial charge in [0.25, 0.3) is 17.7 Å². The minimum atomic E-state index is -0.695. The zero-order valence-electron chi connectivity index (χ0n) is 19.1. The lowest BCUT2D eigenvalue weighted by molar-refractivity contribution is -0.385. The first-order chi connectivity index (χ1) is 17.2. The first-order valence-electron chi connectivity index (χ1n) is 10.6. The van der Waals surface area contributed by atoms with Crippen LogP contribution in [0, 0.1) is 10.1 Å². The van der Waals surface area contributed by atoms with Crippen molar-refractivity contribution in [2.45, 2.75) is 13.5 Å². The van der Waals surface area contributed by atoms with Crippen LogP contribution < -0.4 is 10.1 Å². The van der Waals surface area contributed by atoms with Gasteiger partial charge in [-0.1, -0.05) is 12.1 Å². The van der Waals surface area contributed by atoms with Gasteiger partial charge >= 0.3 is 11.7 Å². The van der Waals surface area contributed by atoms with Crippen molar-refractivity contribution in [3.05, 3.63) is 85.8 Å². The first kappa shape index (κ1) is 24.5. The third kappa shape index (κ3) is 4.53. The number of ether oxygens (including phenoxy) is 2. The number of carbonyl (C=O) groups excluding carboxylic acids is 4. The predicted molar refractivity (Wildman–Crippen MR) is 129 cm³/mol. The lowest BCUT2D eigenvalue weighted by Crippen LogP contribution is -2.28. The average molecular weight is 509 g/mol. The normalized spacial score (nSPS) is 12.3. The number of nitro benzene ring substituents is 1. The molecular formula is C24H19N3O8S. The van der Waals surface area contributed by atoms with Gasteiger partial charge in [-0.05, 0) is 31.2 Å². The van der Waals surface area contributed by atoms with Crippen molar-refractivity contribution < 1.29 is 33.6 Å². The number of benzene rings is 2. The zero-order valence-corrected chi connectivity index (χ0v) is 19.9. The molecule has 1 aromatic heterocycles. The number of nitro groups is 1. The van der Waals surface area contributed by atoms with Gasteiger partial charge in [-0.3, -0.25) is 29.4 Å². The minimum Gasteiger partial charge on any atom is -0.490 e. The number of imide groups is 1. The molecule has 0 saturated heterocycles. The van der Waals surface area contributed by atoms with Crippen LogP contribution in [0.1, 0.15) is 53.2 Å². The summed E-state index contributed by atoms with van der Waals surface area (Å²) in [4.78, 5) is 62.9. The number of fused-ring (bicyclic) bond motifs is 1. The summed E-state index contributed by atoms with van der Waals surface area (Å²) in [5.74, 6) is -2.35. The Morgan fingerprint density at radius 1 is 1.08 bits per heavy atom. The fraction of sp³-hybridized carbons (Fsp3) is 0.167. The molecule has 184 valence electrons. The maximum absolute atomic E-state index is 12.9. The van der Waals surface area contributed by atoms with E-state index in [1.807, 2.05) is 0 Å². The molecule has 0 unspecified atom stereocenters. The van der Waals surface area contributed by atoms with E-state index in [1.54, 1.807) is 31.2 Å². The molecule has 11 nitrogen and oxygen atoms in total. The number of methoxy groups -OCH3 is 1. The average Bonchev–Trinajstić information content (AvgIpc) is 3.38. The van der Waals surface area contributed by atoms with Crippen LogP contribution in [0.5, 0.6) is 5.75 Å². The molecule has 0 spiro atoms. The zero-order chi connectivity index (χ0) is 26.0. The molecule has 0 atom stereocenters. The fourth-order valence-corrected chi connectivity index (χ4v) is 4.69. The van der Waals surface area contributed by atoms with Crippen molar-refractivity contribution in [2.75, 3.05) is 19.0 Å². The quantitative estimate of drug-likeness (QED) is 0.208. The largest absolute Gasteiger partial charge is 0.490 e. The Kier molecular flexibility index (Phi) is 6.79. The van der Waals surface area contributed by atoms with Gasteiger partial charge in [0.15, 0.2) is 5.75 Å². The van der Waals surface area contributed by atoms with E-state index in [2.05, 4.69) is 5.32 Å². The summed E-state index contributed by atoms with van der Waals surface area (Å²) in [5, 5.41) is 13.9. The molecular weight excluding hydrogens is 490 g/mol. The Labute approximate surface area is 208 Å². The van der Waals surface area contributed by atoms with Crippen molar-refractivity contribution in [3.8, 4) is 5.75 Å². The van der Waals surface area contributed by atoms with Crippen molar-refractivity contribution in [1.29, 1.82) is 0 Å². The van der Waals surface area contributed by atoms with Crippen molar-refractivity contribution in [3.63, 3.8) is 0 Å². The van der Waals surface area contributed by atoms with Crippen molar-refractivity contribution in [2.24, 2.45) is 0 Å². The number of esters is 1. The molecule has 3 amide bonds. The molecule has 1 aliphatic heterocycles. The van der Waals surface area contributed by atoms with Crippen LogP contribution in [0.2, 0.25) is 0 Å². The summed E-state index contributed by atoms with van der Waals surface area (Å²) < 4.78 is 10.1. The smallest absolute Gasteiger partial charge is 0.341 e. The summed E-state index contributed by atoms with van der Waals surface area (Å²) >= 11 is 1.01. The Morgan fingerprint density at radius 3 is 2.33 bits per heavy atom. The van der Waals surface area contributed by atoms with Crippen LogP contribution in [0.3, 0.4) is 0 Å². The van der Waals surface area contributed by atoms with Gasteiger partial charge in [0, 0.05) is 22.6 Å². The number of thiophene rings is 1. The van der Waals surface area contributed by atoms with E-state index < -0.39 is 28.6 Å². The van der Waals surface area contributed by atoms with Gasteiger partial charge in [0.2, 0.25) is 0 Å². The molecule has 0 saturated carbocycles. The van der Waals surface area contributed by atoms with Gasteiger partial charge in [0.05, 0.1) is 41.9 Å². The highest BCUT2D eigenvalue weighted by Crippen LogP contribution is 2.33. The topological polar surface area (TPSA) is 145 Å². The Balaban J connectivity index is 1.62. The molecule has 12 heteroatoms. The van der Waals surface area contributed by atoms with Crippen LogP contribution >= 0.6 is 11.3 Å². The highest BCUT2D eigenvalue weighted by molar-refractivity contribution is 7.16. The molecule has 0 fully saturated rings. The van der Waals surface area contributed by atoms with E-state index in [0.29, 0.717) is 16.0 Å². The lowest BCUT2D eigenvalue weighted by atomic mass is 10.1. The summed E-state index contributed by atoms with van der Waals surface area (Å²) in [7, 11) is 1.24. The number of rotatable bonds is 8. The van der Waals surface area contributed by atoms with Crippen LogP contribution in [0.4, 0.5) is 10.7 Å². The third-order valence-corrected chi connectivity index (χ3v) is 6.37. The predicted octanol–water partition coefficient (Wildman–Crippen LogP) is 3.89.